The van der Waals surface area contributed by atoms with Crippen LogP contribution in [-0.2, 0) is 0 Å². The van der Waals surface area contributed by atoms with E-state index in [0.29, 0.717) is 0 Å². The first-order chi connectivity index (χ1) is 11.7. The van der Waals surface area contributed by atoms with Crippen molar-refractivity contribution < 1.29 is 0 Å². The van der Waals surface area contributed by atoms with E-state index in [-0.39, 0.29) is 5.41 Å². The molecular formula is C21H37NS2. The highest BCUT2D eigenvalue weighted by molar-refractivity contribution is 8.17. The molecule has 3 heteroatoms. The molecule has 2 fully saturated rings. The topological polar surface area (TPSA) is 23.8 Å². The monoisotopic (exact) mass is 367 g/mol. The van der Waals surface area contributed by atoms with Gasteiger partial charge in [0.25, 0.3) is 0 Å². The van der Waals surface area contributed by atoms with Gasteiger partial charge in [-0.3, -0.25) is 0 Å². The number of hydrogen-bond acceptors (Lipinski definition) is 3. The smallest absolute Gasteiger partial charge is 0.0689 e. The standard InChI is InChI=1S/C21H37NS2/c1-3-5-6-7-8-9-18-15-23-20(24-16-18)19-10-13-21(17-22,12-4-2)14-11-19/h18-20H,3-16H2,1-2H3. The van der Waals surface area contributed by atoms with Crippen molar-refractivity contribution in [1.29, 1.82) is 5.26 Å². The molecule has 0 aromatic rings. The second-order valence-electron chi connectivity index (χ2n) is 8.08. The molecule has 24 heavy (non-hydrogen) atoms. The second-order valence-corrected chi connectivity index (χ2v) is 10.7. The van der Waals surface area contributed by atoms with Crippen molar-refractivity contribution in [1.82, 2.24) is 0 Å². The lowest BCUT2D eigenvalue weighted by Crippen LogP contribution is -2.31. The van der Waals surface area contributed by atoms with Gasteiger partial charge in [0.1, 0.15) is 0 Å². The molecule has 1 nitrogen and oxygen atoms in total. The van der Waals surface area contributed by atoms with Crippen LogP contribution in [0.2, 0.25) is 0 Å². The molecule has 0 amide bonds. The number of nitriles is 1. The average Bonchev–Trinajstić information content (AvgIpc) is 2.63. The van der Waals surface area contributed by atoms with Crippen molar-refractivity contribution in [3.63, 3.8) is 0 Å². The van der Waals surface area contributed by atoms with Crippen LogP contribution in [0.1, 0.15) is 90.9 Å². The third-order valence-corrected chi connectivity index (χ3v) is 9.62. The minimum Gasteiger partial charge on any atom is -0.198 e. The molecule has 1 saturated heterocycles. The lowest BCUT2D eigenvalue weighted by molar-refractivity contribution is 0.203. The maximum absolute atomic E-state index is 9.58. The van der Waals surface area contributed by atoms with Gasteiger partial charge in [0.15, 0.2) is 0 Å². The Hall–Kier alpha value is 0.190. The van der Waals surface area contributed by atoms with Crippen molar-refractivity contribution in [3.05, 3.63) is 0 Å². The predicted octanol–water partition coefficient (Wildman–Crippen LogP) is 7.27. The quantitative estimate of drug-likeness (QED) is 0.400. The first-order valence-corrected chi connectivity index (χ1v) is 12.5. The fourth-order valence-electron chi connectivity index (χ4n) is 4.39. The van der Waals surface area contributed by atoms with Crippen LogP contribution in [-0.4, -0.2) is 16.1 Å². The SMILES string of the molecule is CCCCCCCC1CSC(C2CCC(C#N)(CCC)CC2)SC1. The van der Waals surface area contributed by atoms with Crippen LogP contribution in [0.5, 0.6) is 0 Å². The van der Waals surface area contributed by atoms with E-state index in [4.69, 9.17) is 0 Å². The molecule has 0 unspecified atom stereocenters. The van der Waals surface area contributed by atoms with Crippen molar-refractivity contribution >= 4 is 23.5 Å². The first-order valence-electron chi connectivity index (χ1n) is 10.4. The minimum absolute atomic E-state index is 0.0241. The third kappa shape index (κ3) is 6.17. The maximum atomic E-state index is 9.58. The zero-order valence-corrected chi connectivity index (χ0v) is 17.5. The van der Waals surface area contributed by atoms with Gasteiger partial charge in [-0.15, -0.1) is 23.5 Å². The van der Waals surface area contributed by atoms with Crippen LogP contribution >= 0.6 is 23.5 Å². The van der Waals surface area contributed by atoms with Crippen LogP contribution < -0.4 is 0 Å². The van der Waals surface area contributed by atoms with Gasteiger partial charge in [0, 0.05) is 0 Å². The summed E-state index contributed by atoms with van der Waals surface area (Å²) in [6.45, 7) is 4.52. The predicted molar refractivity (Wildman–Crippen MR) is 110 cm³/mol. The number of rotatable bonds is 9. The maximum Gasteiger partial charge on any atom is 0.0689 e. The molecule has 1 saturated carbocycles. The molecule has 138 valence electrons. The Bertz CT molecular complexity index is 374. The summed E-state index contributed by atoms with van der Waals surface area (Å²) in [7, 11) is 0. The van der Waals surface area contributed by atoms with Crippen molar-refractivity contribution in [2.24, 2.45) is 17.3 Å². The minimum atomic E-state index is 0.0241. The molecule has 0 aromatic carbocycles. The van der Waals surface area contributed by atoms with Gasteiger partial charge in [-0.05, 0) is 61.9 Å². The zero-order valence-electron chi connectivity index (χ0n) is 15.9. The van der Waals surface area contributed by atoms with E-state index in [0.717, 1.165) is 42.1 Å². The van der Waals surface area contributed by atoms with Gasteiger partial charge in [-0.25, -0.2) is 0 Å². The zero-order chi connectivity index (χ0) is 17.3. The van der Waals surface area contributed by atoms with Gasteiger partial charge < -0.3 is 0 Å². The van der Waals surface area contributed by atoms with Crippen LogP contribution in [0.15, 0.2) is 0 Å². The molecule has 1 aliphatic heterocycles. The van der Waals surface area contributed by atoms with Crippen LogP contribution in [0, 0.1) is 28.6 Å². The Kier molecular flexibility index (Phi) is 9.41. The molecule has 0 bridgehead atoms. The highest BCUT2D eigenvalue weighted by atomic mass is 32.2. The number of hydrogen-bond donors (Lipinski definition) is 0. The van der Waals surface area contributed by atoms with Gasteiger partial charge in [-0.1, -0.05) is 52.4 Å². The summed E-state index contributed by atoms with van der Waals surface area (Å²) in [5, 5.41) is 9.58. The molecular weight excluding hydrogens is 330 g/mol. The Morgan fingerprint density at radius 1 is 0.958 bits per heavy atom. The molecule has 1 aliphatic carbocycles. The fraction of sp³-hybridized carbons (Fsp3) is 0.952. The van der Waals surface area contributed by atoms with E-state index >= 15 is 0 Å². The number of thioether (sulfide) groups is 2. The lowest BCUT2D eigenvalue weighted by Gasteiger charge is -2.40. The van der Waals surface area contributed by atoms with E-state index in [1.165, 1.54) is 62.9 Å². The molecule has 2 rings (SSSR count). The van der Waals surface area contributed by atoms with Crippen LogP contribution in [0.3, 0.4) is 0 Å². The van der Waals surface area contributed by atoms with Gasteiger partial charge in [-0.2, -0.15) is 5.26 Å². The highest BCUT2D eigenvalue weighted by Crippen LogP contribution is 2.49. The Balaban J connectivity index is 1.64. The number of unbranched alkanes of at least 4 members (excludes halogenated alkanes) is 4. The fourth-order valence-corrected chi connectivity index (χ4v) is 7.98. The highest BCUT2D eigenvalue weighted by Gasteiger charge is 2.38. The molecule has 0 aromatic heterocycles. The summed E-state index contributed by atoms with van der Waals surface area (Å²) in [6.07, 6.45) is 15.7. The summed E-state index contributed by atoms with van der Waals surface area (Å²) in [5.74, 6) is 4.60. The lowest BCUT2D eigenvalue weighted by atomic mass is 9.69. The summed E-state index contributed by atoms with van der Waals surface area (Å²) in [5.41, 5.74) is 0.0241. The largest absolute Gasteiger partial charge is 0.198 e. The van der Waals surface area contributed by atoms with Gasteiger partial charge in [0.05, 0.1) is 16.1 Å². The normalized spacial score (nSPS) is 34.0. The Morgan fingerprint density at radius 3 is 2.21 bits per heavy atom. The van der Waals surface area contributed by atoms with Gasteiger partial charge in [0.2, 0.25) is 0 Å². The van der Waals surface area contributed by atoms with Crippen LogP contribution in [0.25, 0.3) is 0 Å². The van der Waals surface area contributed by atoms with E-state index in [1.807, 2.05) is 0 Å². The summed E-state index contributed by atoms with van der Waals surface area (Å²) in [6, 6.07) is 2.67. The second kappa shape index (κ2) is 11.0. The molecule has 0 spiro atoms. The average molecular weight is 368 g/mol. The summed E-state index contributed by atoms with van der Waals surface area (Å²) < 4.78 is 0.819. The molecule has 1 heterocycles. The molecule has 0 radical (unpaired) electrons. The van der Waals surface area contributed by atoms with E-state index in [9.17, 15) is 5.26 Å². The van der Waals surface area contributed by atoms with E-state index in [2.05, 4.69) is 43.4 Å². The van der Waals surface area contributed by atoms with Gasteiger partial charge >= 0.3 is 0 Å². The van der Waals surface area contributed by atoms with Crippen molar-refractivity contribution in [3.8, 4) is 6.07 Å². The van der Waals surface area contributed by atoms with Crippen LogP contribution in [0.4, 0.5) is 0 Å². The Morgan fingerprint density at radius 2 is 1.62 bits per heavy atom. The van der Waals surface area contributed by atoms with Crippen molar-refractivity contribution in [2.45, 2.75) is 95.5 Å². The molecule has 0 N–H and O–H groups in total. The third-order valence-electron chi connectivity index (χ3n) is 6.05. The van der Waals surface area contributed by atoms with E-state index < -0.39 is 0 Å². The number of nitrogens with zero attached hydrogens (tertiary/aromatic N) is 1. The van der Waals surface area contributed by atoms with Crippen molar-refractivity contribution in [2.75, 3.05) is 11.5 Å². The van der Waals surface area contributed by atoms with E-state index in [1.54, 1.807) is 0 Å². The summed E-state index contributed by atoms with van der Waals surface area (Å²) in [4.78, 5) is 0. The first kappa shape index (κ1) is 20.5. The summed E-state index contributed by atoms with van der Waals surface area (Å²) >= 11 is 4.49. The Labute approximate surface area is 159 Å². The molecule has 2 aliphatic rings. The molecule has 0 atom stereocenters.